The Kier molecular flexibility index (Phi) is 5.65. The lowest BCUT2D eigenvalue weighted by Crippen LogP contribution is -2.32. The topological polar surface area (TPSA) is 64.0 Å². The molecule has 0 bridgehead atoms. The minimum absolute atomic E-state index is 0.0643. The van der Waals surface area contributed by atoms with Gasteiger partial charge in [0.2, 0.25) is 0 Å². The maximum atomic E-state index is 10.3. The molecule has 0 radical (unpaired) electrons. The van der Waals surface area contributed by atoms with Crippen LogP contribution in [0.1, 0.15) is 51.5 Å². The number of nitrogens with zero attached hydrogens (tertiary/aromatic N) is 2. The maximum Gasteiger partial charge on any atom is 0.161 e. The highest BCUT2D eigenvalue weighted by Gasteiger charge is 2.36. The Balaban J connectivity index is 2.35. The first-order valence-electron chi connectivity index (χ1n) is 15.5. The molecule has 0 aliphatic carbocycles. The molecule has 2 rings (SSSR count). The average molecular weight is 465 g/mol. The molecule has 0 saturated carbocycles. The lowest BCUT2D eigenvalue weighted by molar-refractivity contribution is 0.292. The zero-order valence-corrected chi connectivity index (χ0v) is 19.7. The van der Waals surface area contributed by atoms with Crippen LogP contribution in [-0.4, -0.2) is 53.3 Å². The van der Waals surface area contributed by atoms with Gasteiger partial charge >= 0.3 is 0 Å². The highest BCUT2D eigenvalue weighted by molar-refractivity contribution is 5.47. The summed E-state index contributed by atoms with van der Waals surface area (Å²) in [4.78, 5) is 1.18. The van der Waals surface area contributed by atoms with Crippen molar-refractivity contribution in [2.24, 2.45) is 5.92 Å². The largest absolute Gasteiger partial charge is 0.493 e. The van der Waals surface area contributed by atoms with Crippen LogP contribution in [0.15, 0.2) is 36.4 Å². The second-order valence-electron chi connectivity index (χ2n) is 7.94. The Morgan fingerprint density at radius 1 is 1.00 bits per heavy atom. The van der Waals surface area contributed by atoms with Crippen molar-refractivity contribution in [3.8, 4) is 29.1 Å². The monoisotopic (exact) mass is 464 g/mol. The van der Waals surface area contributed by atoms with E-state index in [2.05, 4.69) is 6.07 Å². The van der Waals surface area contributed by atoms with E-state index in [1.807, 2.05) is 13.8 Å². The third-order valence-electron chi connectivity index (χ3n) is 5.70. The van der Waals surface area contributed by atoms with E-state index in [1.54, 1.807) is 18.2 Å². The number of methoxy groups -OCH3 is 4. The minimum atomic E-state index is -3.01. The summed E-state index contributed by atoms with van der Waals surface area (Å²) in [6.45, 7) is 1.27. The summed E-state index contributed by atoms with van der Waals surface area (Å²) in [5.74, 6) is -0.166. The molecule has 0 aliphatic rings. The first kappa shape index (κ1) is 15.1. The van der Waals surface area contributed by atoms with Crippen LogP contribution in [0.3, 0.4) is 0 Å². The van der Waals surface area contributed by atoms with Crippen molar-refractivity contribution in [1.82, 2.24) is 4.90 Å². The van der Waals surface area contributed by atoms with Crippen LogP contribution in [0.5, 0.6) is 23.0 Å². The van der Waals surface area contributed by atoms with Gasteiger partial charge in [0.05, 0.1) is 48.0 Å². The molecule has 6 nitrogen and oxygen atoms in total. The van der Waals surface area contributed by atoms with Gasteiger partial charge in [-0.3, -0.25) is 0 Å². The molecule has 0 aliphatic heterocycles. The fourth-order valence-electron chi connectivity index (χ4n) is 3.69. The number of ether oxygens (including phenoxy) is 4. The van der Waals surface area contributed by atoms with Crippen molar-refractivity contribution >= 4 is 0 Å². The summed E-state index contributed by atoms with van der Waals surface area (Å²) < 4.78 is 99.3. The standard InChI is InChI=1S/C27H38N2O4/c1-20(2)27(19-28,22-10-12-24(31-5)26(18-22)33-7)14-8-15-29(3)16-13-21-9-11-23(30-4)25(17-21)32-6/h9-12,17-18,20H,8,13-16H2,1-7H3/i4D3,6D3,13D2,16D2. The molecule has 2 aromatic carbocycles. The van der Waals surface area contributed by atoms with Crippen molar-refractivity contribution in [3.63, 3.8) is 0 Å². The van der Waals surface area contributed by atoms with Crippen LogP contribution < -0.4 is 18.9 Å². The van der Waals surface area contributed by atoms with Gasteiger partial charge in [-0.2, -0.15) is 5.26 Å². The molecule has 2 aromatic rings. The Morgan fingerprint density at radius 3 is 2.27 bits per heavy atom. The number of hydrogen-bond donors (Lipinski definition) is 0. The van der Waals surface area contributed by atoms with E-state index in [-0.39, 0.29) is 18.0 Å². The summed E-state index contributed by atoms with van der Waals surface area (Å²) in [5.41, 5.74) is -0.531. The molecule has 0 spiro atoms. The predicted molar refractivity (Wildman–Crippen MR) is 132 cm³/mol. The lowest BCUT2D eigenvalue weighted by atomic mass is 9.69. The van der Waals surface area contributed by atoms with Gasteiger partial charge in [0.25, 0.3) is 0 Å². The van der Waals surface area contributed by atoms with Crippen molar-refractivity contribution in [2.45, 2.75) is 38.5 Å². The molecule has 1 atom stereocenters. The number of rotatable bonds is 13. The van der Waals surface area contributed by atoms with Gasteiger partial charge in [-0.25, -0.2) is 0 Å². The van der Waals surface area contributed by atoms with Crippen LogP contribution in [0, 0.1) is 17.2 Å². The molecule has 0 aromatic heterocycles. The second kappa shape index (κ2) is 12.4. The van der Waals surface area contributed by atoms with Crippen molar-refractivity contribution in [3.05, 3.63) is 47.5 Å². The predicted octanol–water partition coefficient (Wildman–Crippen LogP) is 5.09. The first-order valence-corrected chi connectivity index (χ1v) is 10.5. The Labute approximate surface area is 213 Å². The molecule has 0 heterocycles. The molecule has 33 heavy (non-hydrogen) atoms. The molecule has 0 saturated heterocycles. The summed E-state index contributed by atoms with van der Waals surface area (Å²) in [5, 5.41) is 10.3. The smallest absolute Gasteiger partial charge is 0.161 e. The summed E-state index contributed by atoms with van der Waals surface area (Å²) in [6.07, 6.45) is -2.07. The van der Waals surface area contributed by atoms with Gasteiger partial charge in [-0.15, -0.1) is 0 Å². The highest BCUT2D eigenvalue weighted by Crippen LogP contribution is 2.40. The molecule has 0 amide bonds. The van der Waals surface area contributed by atoms with Crippen molar-refractivity contribution in [2.75, 3.05) is 48.4 Å². The average Bonchev–Trinajstić information content (AvgIpc) is 2.89. The number of benzene rings is 2. The van der Waals surface area contributed by atoms with Crippen LogP contribution in [0.2, 0.25) is 0 Å². The molecular weight excluding hydrogens is 416 g/mol. The normalized spacial score (nSPS) is 19.0. The summed E-state index contributed by atoms with van der Waals surface area (Å²) in [6, 6.07) is 10.8. The van der Waals surface area contributed by atoms with Crippen molar-refractivity contribution in [1.29, 1.82) is 5.26 Å². The molecule has 6 heteroatoms. The van der Waals surface area contributed by atoms with E-state index in [4.69, 9.17) is 32.7 Å². The van der Waals surface area contributed by atoms with Gasteiger partial charge in [-0.1, -0.05) is 26.0 Å². The third kappa shape index (κ3) is 6.33. The quantitative estimate of drug-likeness (QED) is 0.411. The van der Waals surface area contributed by atoms with E-state index in [1.165, 1.54) is 26.2 Å². The Morgan fingerprint density at radius 2 is 1.64 bits per heavy atom. The van der Waals surface area contributed by atoms with Crippen LogP contribution in [0.4, 0.5) is 0 Å². The zero-order chi connectivity index (χ0) is 33.0. The minimum Gasteiger partial charge on any atom is -0.493 e. The fraction of sp³-hybridized carbons (Fsp3) is 0.519. The van der Waals surface area contributed by atoms with Gasteiger partial charge in [0.15, 0.2) is 23.0 Å². The molecule has 0 fully saturated rings. The molecular formula is C27H38N2O4. The number of nitriles is 1. The number of hydrogen-bond acceptors (Lipinski definition) is 6. The van der Waals surface area contributed by atoms with E-state index in [0.29, 0.717) is 29.9 Å². The van der Waals surface area contributed by atoms with E-state index >= 15 is 0 Å². The Hall–Kier alpha value is -2.91. The van der Waals surface area contributed by atoms with Crippen LogP contribution in [-0.2, 0) is 11.8 Å². The van der Waals surface area contributed by atoms with Crippen molar-refractivity contribution < 1.29 is 32.7 Å². The zero-order valence-electron chi connectivity index (χ0n) is 29.7. The fourth-order valence-corrected chi connectivity index (χ4v) is 3.69. The molecule has 0 N–H and O–H groups in total. The van der Waals surface area contributed by atoms with E-state index in [0.717, 1.165) is 18.2 Å². The molecule has 1 unspecified atom stereocenters. The number of aryl methyl sites for hydroxylation is 1. The van der Waals surface area contributed by atoms with Crippen LogP contribution >= 0.6 is 0 Å². The van der Waals surface area contributed by atoms with Gasteiger partial charge < -0.3 is 23.8 Å². The van der Waals surface area contributed by atoms with Gasteiger partial charge in [0.1, 0.15) is 0 Å². The molecule has 180 valence electrons. The van der Waals surface area contributed by atoms with E-state index in [9.17, 15) is 5.26 Å². The first-order chi connectivity index (χ1) is 19.6. The summed E-state index contributed by atoms with van der Waals surface area (Å²) in [7, 11) is -1.52. The SMILES string of the molecule is [2H]C([2H])([2H])Oc1ccc(C([2H])([2H])C([2H])([2H])N(C)CCCC(C#N)(c2ccc(OC)c(OC)c2)C(C)C)cc1OC([2H])([2H])[2H]. The third-order valence-corrected chi connectivity index (χ3v) is 5.70. The van der Waals surface area contributed by atoms with Gasteiger partial charge in [0, 0.05) is 12.0 Å². The second-order valence-corrected chi connectivity index (χ2v) is 7.94. The number of likely N-dealkylation sites (N-methyl/N-ethyl adjacent to an activating group) is 1. The van der Waals surface area contributed by atoms with E-state index < -0.39 is 43.9 Å². The van der Waals surface area contributed by atoms with Gasteiger partial charge in [-0.05, 0) is 74.1 Å². The van der Waals surface area contributed by atoms with Crippen LogP contribution in [0.25, 0.3) is 0 Å². The summed E-state index contributed by atoms with van der Waals surface area (Å²) >= 11 is 0. The highest BCUT2D eigenvalue weighted by atomic mass is 16.5. The maximum absolute atomic E-state index is 10.3. The Bertz CT molecular complexity index is 1290. The lowest BCUT2D eigenvalue weighted by Gasteiger charge is -2.32.